The zero-order chi connectivity index (χ0) is 26.5. The van der Waals surface area contributed by atoms with E-state index in [1.165, 1.54) is 50.5 Å². The molecule has 2 aliphatic heterocycles. The predicted octanol–water partition coefficient (Wildman–Crippen LogP) is 6.79. The zero-order valence-electron chi connectivity index (χ0n) is 23.0. The average Bonchev–Trinajstić information content (AvgIpc) is 2.92. The molecule has 3 aliphatic rings. The quantitative estimate of drug-likeness (QED) is 0.381. The highest BCUT2D eigenvalue weighted by Gasteiger charge is 2.34. The van der Waals surface area contributed by atoms with E-state index in [9.17, 15) is 0 Å². The van der Waals surface area contributed by atoms with Crippen molar-refractivity contribution < 1.29 is 0 Å². The maximum Gasteiger partial charge on any atom is 0.232 e. The van der Waals surface area contributed by atoms with Gasteiger partial charge in [-0.05, 0) is 80.3 Å². The summed E-state index contributed by atoms with van der Waals surface area (Å²) >= 11 is 12.2. The highest BCUT2D eigenvalue weighted by molar-refractivity contribution is 7.80. The minimum absolute atomic E-state index is 0.0383. The zero-order valence-corrected chi connectivity index (χ0v) is 24.6. The summed E-state index contributed by atoms with van der Waals surface area (Å²) in [5, 5.41) is 8.28. The summed E-state index contributed by atoms with van der Waals surface area (Å²) < 4.78 is 0. The van der Waals surface area contributed by atoms with Gasteiger partial charge in [-0.2, -0.15) is 9.97 Å². The third-order valence-electron chi connectivity index (χ3n) is 8.63. The third-order valence-corrected chi connectivity index (χ3v) is 9.11. The molecule has 3 heterocycles. The molecule has 0 unspecified atom stereocenters. The Hall–Kier alpha value is -2.12. The van der Waals surface area contributed by atoms with E-state index < -0.39 is 0 Å². The van der Waals surface area contributed by atoms with Crippen molar-refractivity contribution >= 4 is 46.5 Å². The molecule has 1 aromatic heterocycles. The standard InChI is InChI=1S/C30H43ClN6S/c1-22-16-23(2)20-37(19-22)27-18-26(36-14-7-4-8-15-36)33-28(34-27)35-29(38)32-21-30(12-5-3-6-13-30)24-10-9-11-25(31)17-24/h9-11,17-18,22-23H,3-8,12-16,19-21H2,1-2H3,(H2,32,33,34,35,38)/t22-,23-/m1/s1. The van der Waals surface area contributed by atoms with Gasteiger partial charge >= 0.3 is 0 Å². The van der Waals surface area contributed by atoms with E-state index in [0.29, 0.717) is 22.9 Å². The average molecular weight is 555 g/mol. The monoisotopic (exact) mass is 554 g/mol. The van der Waals surface area contributed by atoms with Gasteiger partial charge in [-0.15, -0.1) is 0 Å². The second-order valence-electron chi connectivity index (χ2n) is 12.0. The van der Waals surface area contributed by atoms with E-state index in [0.717, 1.165) is 62.2 Å². The SMILES string of the molecule is C[C@@H]1C[C@@H](C)CN(c2cc(N3CCCCC3)nc(NC(=S)NCC3(c4cccc(Cl)c4)CCCCC3)n2)C1. The summed E-state index contributed by atoms with van der Waals surface area (Å²) in [6.07, 6.45) is 11.0. The Bertz CT molecular complexity index is 1090. The number of anilines is 3. The van der Waals surface area contributed by atoms with Crippen LogP contribution in [0.1, 0.15) is 77.2 Å². The van der Waals surface area contributed by atoms with E-state index >= 15 is 0 Å². The number of benzene rings is 1. The molecular formula is C30H43ClN6S. The minimum Gasteiger partial charge on any atom is -0.361 e. The highest BCUT2D eigenvalue weighted by atomic mass is 35.5. The summed E-state index contributed by atoms with van der Waals surface area (Å²) in [6, 6.07) is 10.5. The number of halogens is 1. The molecule has 6 nitrogen and oxygen atoms in total. The Kier molecular flexibility index (Phi) is 8.94. The van der Waals surface area contributed by atoms with Crippen molar-refractivity contribution in [2.75, 3.05) is 47.8 Å². The van der Waals surface area contributed by atoms with Crippen molar-refractivity contribution in [3.05, 3.63) is 40.9 Å². The summed E-state index contributed by atoms with van der Waals surface area (Å²) in [4.78, 5) is 14.8. The molecule has 2 atom stereocenters. The lowest BCUT2D eigenvalue weighted by atomic mass is 9.69. The Morgan fingerprint density at radius 1 is 0.947 bits per heavy atom. The molecule has 3 fully saturated rings. The van der Waals surface area contributed by atoms with Crippen molar-refractivity contribution in [1.82, 2.24) is 15.3 Å². The molecule has 0 spiro atoms. The summed E-state index contributed by atoms with van der Waals surface area (Å²) in [5.41, 5.74) is 1.34. The van der Waals surface area contributed by atoms with Crippen LogP contribution < -0.4 is 20.4 Å². The highest BCUT2D eigenvalue weighted by Crippen LogP contribution is 2.40. The van der Waals surface area contributed by atoms with Crippen LogP contribution in [0.2, 0.25) is 5.02 Å². The number of rotatable bonds is 6. The molecule has 2 saturated heterocycles. The Morgan fingerprint density at radius 3 is 2.29 bits per heavy atom. The lowest BCUT2D eigenvalue weighted by molar-refractivity contribution is 0.292. The lowest BCUT2D eigenvalue weighted by Gasteiger charge is -2.38. The number of nitrogens with one attached hydrogen (secondary N) is 2. The van der Waals surface area contributed by atoms with Crippen LogP contribution in [0.15, 0.2) is 30.3 Å². The van der Waals surface area contributed by atoms with Gasteiger partial charge < -0.3 is 20.4 Å². The molecular weight excluding hydrogens is 512 g/mol. The maximum absolute atomic E-state index is 6.39. The van der Waals surface area contributed by atoms with Gasteiger partial charge in [-0.3, -0.25) is 0 Å². The Labute approximate surface area is 238 Å². The molecule has 8 heteroatoms. The fourth-order valence-electron chi connectivity index (χ4n) is 6.78. The first-order chi connectivity index (χ1) is 18.4. The van der Waals surface area contributed by atoms with Gasteiger partial charge in [0, 0.05) is 49.2 Å². The molecule has 0 radical (unpaired) electrons. The van der Waals surface area contributed by atoms with Crippen molar-refractivity contribution in [3.8, 4) is 0 Å². The van der Waals surface area contributed by atoms with E-state index in [2.05, 4.69) is 58.5 Å². The molecule has 1 aromatic carbocycles. The third kappa shape index (κ3) is 6.71. The first-order valence-corrected chi connectivity index (χ1v) is 15.4. The summed E-state index contributed by atoms with van der Waals surface area (Å²) in [6.45, 7) is 9.62. The topological polar surface area (TPSA) is 56.3 Å². The van der Waals surface area contributed by atoms with Gasteiger partial charge in [0.1, 0.15) is 11.6 Å². The first-order valence-electron chi connectivity index (χ1n) is 14.6. The maximum atomic E-state index is 6.39. The molecule has 2 aromatic rings. The van der Waals surface area contributed by atoms with Gasteiger partial charge in [0.15, 0.2) is 5.11 Å². The molecule has 0 amide bonds. The Balaban J connectivity index is 1.33. The van der Waals surface area contributed by atoms with Crippen LogP contribution in [-0.4, -0.2) is 47.8 Å². The molecule has 2 N–H and O–H groups in total. The van der Waals surface area contributed by atoms with Gasteiger partial charge in [0.25, 0.3) is 0 Å². The summed E-state index contributed by atoms with van der Waals surface area (Å²) in [7, 11) is 0. The minimum atomic E-state index is 0.0383. The van der Waals surface area contributed by atoms with Crippen LogP contribution in [0, 0.1) is 11.8 Å². The van der Waals surface area contributed by atoms with Gasteiger partial charge in [0.05, 0.1) is 0 Å². The molecule has 1 aliphatic carbocycles. The van der Waals surface area contributed by atoms with Crippen molar-refractivity contribution in [3.63, 3.8) is 0 Å². The van der Waals surface area contributed by atoms with Crippen LogP contribution in [0.25, 0.3) is 0 Å². The largest absolute Gasteiger partial charge is 0.361 e. The van der Waals surface area contributed by atoms with Crippen molar-refractivity contribution in [1.29, 1.82) is 0 Å². The smallest absolute Gasteiger partial charge is 0.232 e. The molecule has 206 valence electrons. The van der Waals surface area contributed by atoms with Crippen molar-refractivity contribution in [2.45, 2.75) is 77.0 Å². The van der Waals surface area contributed by atoms with Crippen LogP contribution in [0.4, 0.5) is 17.6 Å². The first kappa shape index (κ1) is 27.4. The van der Waals surface area contributed by atoms with Crippen LogP contribution in [0.5, 0.6) is 0 Å². The second kappa shape index (κ2) is 12.4. The number of nitrogens with zero attached hydrogens (tertiary/aromatic N) is 4. The molecule has 5 rings (SSSR count). The van der Waals surface area contributed by atoms with E-state index in [-0.39, 0.29) is 5.41 Å². The van der Waals surface area contributed by atoms with E-state index in [1.807, 2.05) is 6.07 Å². The van der Waals surface area contributed by atoms with Crippen LogP contribution >= 0.6 is 23.8 Å². The van der Waals surface area contributed by atoms with Crippen LogP contribution in [0.3, 0.4) is 0 Å². The lowest BCUT2D eigenvalue weighted by Crippen LogP contribution is -2.44. The fraction of sp³-hybridized carbons (Fsp3) is 0.633. The number of hydrogen-bond donors (Lipinski definition) is 2. The normalized spacial score (nSPS) is 23.7. The van der Waals surface area contributed by atoms with Gasteiger partial charge in [0.2, 0.25) is 5.95 Å². The molecule has 1 saturated carbocycles. The molecule has 38 heavy (non-hydrogen) atoms. The Morgan fingerprint density at radius 2 is 1.61 bits per heavy atom. The number of hydrogen-bond acceptors (Lipinski definition) is 5. The van der Waals surface area contributed by atoms with Gasteiger partial charge in [-0.25, -0.2) is 0 Å². The number of piperidine rings is 2. The molecule has 0 bridgehead atoms. The van der Waals surface area contributed by atoms with Crippen LogP contribution in [-0.2, 0) is 5.41 Å². The van der Waals surface area contributed by atoms with E-state index in [1.54, 1.807) is 0 Å². The van der Waals surface area contributed by atoms with E-state index in [4.69, 9.17) is 33.8 Å². The second-order valence-corrected chi connectivity index (χ2v) is 12.8. The van der Waals surface area contributed by atoms with Gasteiger partial charge in [-0.1, -0.05) is 56.8 Å². The summed E-state index contributed by atoms with van der Waals surface area (Å²) in [5.74, 6) is 3.92. The van der Waals surface area contributed by atoms with Crippen molar-refractivity contribution in [2.24, 2.45) is 11.8 Å². The number of thiocarbonyl (C=S) groups is 1. The predicted molar refractivity (Wildman–Crippen MR) is 164 cm³/mol. The number of aromatic nitrogens is 2. The fourth-order valence-corrected chi connectivity index (χ4v) is 7.14.